The molecule has 1 saturated heterocycles. The van der Waals surface area contributed by atoms with Crippen LogP contribution < -0.4 is 5.73 Å². The molecule has 2 rings (SSSR count). The summed E-state index contributed by atoms with van der Waals surface area (Å²) in [5, 5.41) is 0. The second-order valence-electron chi connectivity index (χ2n) is 4.44. The monoisotopic (exact) mass is 265 g/mol. The summed E-state index contributed by atoms with van der Waals surface area (Å²) in [7, 11) is 0. The van der Waals surface area contributed by atoms with Crippen molar-refractivity contribution in [2.45, 2.75) is 30.2 Å². The van der Waals surface area contributed by atoms with Crippen molar-refractivity contribution in [3.8, 4) is 0 Å². The van der Waals surface area contributed by atoms with Crippen LogP contribution in [0.15, 0.2) is 29.4 Å². The number of pyridine rings is 1. The maximum Gasteiger partial charge on any atom is 0.233 e. The Kier molecular flexibility index (Phi) is 5.01. The fourth-order valence-electron chi connectivity index (χ4n) is 2.24. The predicted octanol–water partition coefficient (Wildman–Crippen LogP) is 1.51. The molecule has 0 aliphatic carbocycles. The molecule has 1 fully saturated rings. The molecule has 4 nitrogen and oxygen atoms in total. The van der Waals surface area contributed by atoms with E-state index in [-0.39, 0.29) is 11.9 Å². The summed E-state index contributed by atoms with van der Waals surface area (Å²) in [5.41, 5.74) is 5.73. The number of hydrogen-bond acceptors (Lipinski definition) is 4. The fraction of sp³-hybridized carbons (Fsp3) is 0.538. The zero-order chi connectivity index (χ0) is 12.8. The number of thioether (sulfide) groups is 1. The average Bonchev–Trinajstić information content (AvgIpc) is 2.45. The number of nitrogens with two attached hydrogens (primary N) is 1. The number of amides is 1. The van der Waals surface area contributed by atoms with Crippen LogP contribution in [0.4, 0.5) is 0 Å². The van der Waals surface area contributed by atoms with Crippen molar-refractivity contribution in [2.75, 3.05) is 18.8 Å². The van der Waals surface area contributed by atoms with Crippen molar-refractivity contribution in [3.63, 3.8) is 0 Å². The summed E-state index contributed by atoms with van der Waals surface area (Å²) < 4.78 is 0. The third kappa shape index (κ3) is 3.46. The molecule has 0 radical (unpaired) electrons. The summed E-state index contributed by atoms with van der Waals surface area (Å²) >= 11 is 1.56. The molecule has 0 bridgehead atoms. The van der Waals surface area contributed by atoms with Crippen LogP contribution in [0.25, 0.3) is 0 Å². The third-order valence-electron chi connectivity index (χ3n) is 3.23. The van der Waals surface area contributed by atoms with E-state index in [1.807, 2.05) is 17.0 Å². The molecule has 1 unspecified atom stereocenters. The molecule has 1 atom stereocenters. The molecule has 98 valence electrons. The molecule has 0 saturated carbocycles. The van der Waals surface area contributed by atoms with Crippen LogP contribution >= 0.6 is 11.8 Å². The fourth-order valence-corrected chi connectivity index (χ4v) is 3.01. The minimum absolute atomic E-state index is 0.201. The molecular weight excluding hydrogens is 246 g/mol. The van der Waals surface area contributed by atoms with Gasteiger partial charge in [-0.1, -0.05) is 0 Å². The van der Waals surface area contributed by atoms with Crippen molar-refractivity contribution in [1.29, 1.82) is 0 Å². The van der Waals surface area contributed by atoms with Gasteiger partial charge in [-0.15, -0.1) is 11.8 Å². The number of piperidine rings is 1. The Morgan fingerprint density at radius 1 is 1.44 bits per heavy atom. The van der Waals surface area contributed by atoms with Gasteiger partial charge in [-0.2, -0.15) is 0 Å². The van der Waals surface area contributed by atoms with Gasteiger partial charge < -0.3 is 10.6 Å². The quantitative estimate of drug-likeness (QED) is 0.838. The number of hydrogen-bond donors (Lipinski definition) is 1. The number of aromatic nitrogens is 1. The molecule has 5 heteroatoms. The molecule has 2 N–H and O–H groups in total. The second-order valence-corrected chi connectivity index (χ2v) is 5.49. The van der Waals surface area contributed by atoms with Crippen LogP contribution in [0.5, 0.6) is 0 Å². The highest BCUT2D eigenvalue weighted by atomic mass is 32.2. The van der Waals surface area contributed by atoms with Crippen molar-refractivity contribution >= 4 is 17.7 Å². The van der Waals surface area contributed by atoms with Crippen molar-refractivity contribution in [3.05, 3.63) is 24.5 Å². The first-order chi connectivity index (χ1) is 8.81. The lowest BCUT2D eigenvalue weighted by Crippen LogP contribution is -2.48. The Labute approximate surface area is 112 Å². The van der Waals surface area contributed by atoms with Crippen LogP contribution in [0, 0.1) is 0 Å². The Morgan fingerprint density at radius 2 is 2.22 bits per heavy atom. The first kappa shape index (κ1) is 13.4. The van der Waals surface area contributed by atoms with Crippen LogP contribution in [-0.2, 0) is 4.79 Å². The van der Waals surface area contributed by atoms with Crippen molar-refractivity contribution < 1.29 is 4.79 Å². The number of carbonyl (C=O) groups is 1. The van der Waals surface area contributed by atoms with Crippen molar-refractivity contribution in [2.24, 2.45) is 5.73 Å². The van der Waals surface area contributed by atoms with Gasteiger partial charge >= 0.3 is 0 Å². The highest BCUT2D eigenvalue weighted by Crippen LogP contribution is 2.20. The van der Waals surface area contributed by atoms with Gasteiger partial charge in [-0.25, -0.2) is 0 Å². The van der Waals surface area contributed by atoms with Crippen molar-refractivity contribution in [1.82, 2.24) is 9.88 Å². The van der Waals surface area contributed by atoms with Crippen LogP contribution in [0.1, 0.15) is 19.3 Å². The Balaban J connectivity index is 1.87. The maximum atomic E-state index is 12.2. The zero-order valence-electron chi connectivity index (χ0n) is 10.4. The Hall–Kier alpha value is -1.07. The first-order valence-corrected chi connectivity index (χ1v) is 7.32. The van der Waals surface area contributed by atoms with E-state index in [1.165, 1.54) is 6.42 Å². The molecule has 1 aromatic rings. The lowest BCUT2D eigenvalue weighted by Gasteiger charge is -2.35. The van der Waals surface area contributed by atoms with Crippen LogP contribution in [0.3, 0.4) is 0 Å². The van der Waals surface area contributed by atoms with E-state index in [0.717, 1.165) is 24.3 Å². The summed E-state index contributed by atoms with van der Waals surface area (Å²) in [6, 6.07) is 4.09. The Morgan fingerprint density at radius 3 is 2.94 bits per heavy atom. The number of carbonyl (C=O) groups excluding carboxylic acids is 1. The van der Waals surface area contributed by atoms with E-state index in [2.05, 4.69) is 4.98 Å². The second kappa shape index (κ2) is 6.75. The van der Waals surface area contributed by atoms with Gasteiger partial charge in [0.1, 0.15) is 0 Å². The first-order valence-electron chi connectivity index (χ1n) is 6.33. The molecular formula is C13H19N3OS. The van der Waals surface area contributed by atoms with E-state index in [0.29, 0.717) is 12.3 Å². The number of nitrogens with zero attached hydrogens (tertiary/aromatic N) is 2. The largest absolute Gasteiger partial charge is 0.338 e. The Bertz CT molecular complexity index is 385. The van der Waals surface area contributed by atoms with Gasteiger partial charge in [0.05, 0.1) is 5.75 Å². The molecule has 18 heavy (non-hydrogen) atoms. The smallest absolute Gasteiger partial charge is 0.233 e. The van der Waals surface area contributed by atoms with E-state index in [4.69, 9.17) is 5.73 Å². The van der Waals surface area contributed by atoms with Gasteiger partial charge in [-0.05, 0) is 31.4 Å². The predicted molar refractivity (Wildman–Crippen MR) is 73.4 cm³/mol. The molecule has 0 spiro atoms. The van der Waals surface area contributed by atoms with E-state index in [9.17, 15) is 4.79 Å². The molecule has 1 aliphatic heterocycles. The minimum atomic E-state index is 0.201. The SMILES string of the molecule is NCC1CCCCN1C(=O)CSc1ccncc1. The summed E-state index contributed by atoms with van der Waals surface area (Å²) in [5.74, 6) is 0.688. The summed E-state index contributed by atoms with van der Waals surface area (Å²) in [4.78, 5) is 19.2. The normalized spacial score (nSPS) is 19.8. The standard InChI is InChI=1S/C13H19N3OS/c14-9-11-3-1-2-8-16(11)13(17)10-18-12-4-6-15-7-5-12/h4-7,11H,1-3,8-10,14H2. The summed E-state index contributed by atoms with van der Waals surface area (Å²) in [6.45, 7) is 1.43. The topological polar surface area (TPSA) is 59.2 Å². The van der Waals surface area contributed by atoms with Gasteiger partial charge in [0.2, 0.25) is 5.91 Å². The highest BCUT2D eigenvalue weighted by molar-refractivity contribution is 8.00. The van der Waals surface area contributed by atoms with Gasteiger partial charge in [0.15, 0.2) is 0 Å². The summed E-state index contributed by atoms with van der Waals surface area (Å²) in [6.07, 6.45) is 6.82. The minimum Gasteiger partial charge on any atom is -0.338 e. The molecule has 2 heterocycles. The highest BCUT2D eigenvalue weighted by Gasteiger charge is 2.25. The molecule has 1 amide bonds. The molecule has 1 aromatic heterocycles. The van der Waals surface area contributed by atoms with Gasteiger partial charge in [-0.3, -0.25) is 9.78 Å². The van der Waals surface area contributed by atoms with E-state index >= 15 is 0 Å². The molecule has 0 aromatic carbocycles. The van der Waals surface area contributed by atoms with E-state index < -0.39 is 0 Å². The lowest BCUT2D eigenvalue weighted by molar-refractivity contribution is -0.131. The lowest BCUT2D eigenvalue weighted by atomic mass is 10.0. The zero-order valence-corrected chi connectivity index (χ0v) is 11.2. The average molecular weight is 265 g/mol. The van der Waals surface area contributed by atoms with E-state index in [1.54, 1.807) is 24.2 Å². The van der Waals surface area contributed by atoms with Gasteiger partial charge in [0.25, 0.3) is 0 Å². The molecule has 1 aliphatic rings. The third-order valence-corrected chi connectivity index (χ3v) is 4.23. The van der Waals surface area contributed by atoms with Gasteiger partial charge in [0, 0.05) is 36.4 Å². The van der Waals surface area contributed by atoms with Crippen LogP contribution in [0.2, 0.25) is 0 Å². The van der Waals surface area contributed by atoms with Crippen LogP contribution in [-0.4, -0.2) is 40.7 Å². The maximum absolute atomic E-state index is 12.2. The number of rotatable bonds is 4. The number of likely N-dealkylation sites (tertiary alicyclic amines) is 1.